The average molecular weight is 337 g/mol. The summed E-state index contributed by atoms with van der Waals surface area (Å²) >= 11 is 0. The third-order valence-corrected chi connectivity index (χ3v) is 3.76. The van der Waals surface area contributed by atoms with Gasteiger partial charge in [0.25, 0.3) is 0 Å². The lowest BCUT2D eigenvalue weighted by molar-refractivity contribution is -0.384. The standard InChI is InChI=1S/C17H11N3O5/c21-15-11-5-1-2-6-14(11)25-17-12(15)8-13(20(22)23)16(19-17)18-9-10-4-3-7-24-10/h1-8H,9H2,(H,18,19). The molecule has 0 aliphatic rings. The molecule has 0 atom stereocenters. The van der Waals surface area contributed by atoms with Gasteiger partial charge in [0.1, 0.15) is 11.3 Å². The minimum Gasteiger partial charge on any atom is -0.467 e. The van der Waals surface area contributed by atoms with Gasteiger partial charge >= 0.3 is 5.69 Å². The van der Waals surface area contributed by atoms with Crippen LogP contribution in [0.4, 0.5) is 11.5 Å². The van der Waals surface area contributed by atoms with Crippen LogP contribution in [0.2, 0.25) is 0 Å². The number of fused-ring (bicyclic) bond motifs is 2. The monoisotopic (exact) mass is 337 g/mol. The summed E-state index contributed by atoms with van der Waals surface area (Å²) in [7, 11) is 0. The molecule has 0 bridgehead atoms. The number of furan rings is 1. The second-order valence-electron chi connectivity index (χ2n) is 5.33. The van der Waals surface area contributed by atoms with Crippen molar-refractivity contribution in [3.8, 4) is 0 Å². The van der Waals surface area contributed by atoms with Crippen LogP contribution in [0.3, 0.4) is 0 Å². The zero-order valence-corrected chi connectivity index (χ0v) is 12.8. The molecule has 0 fully saturated rings. The Morgan fingerprint density at radius 3 is 2.76 bits per heavy atom. The van der Waals surface area contributed by atoms with Crippen molar-refractivity contribution in [2.24, 2.45) is 0 Å². The maximum atomic E-state index is 12.6. The molecule has 3 aromatic heterocycles. The van der Waals surface area contributed by atoms with Gasteiger partial charge in [-0.1, -0.05) is 12.1 Å². The van der Waals surface area contributed by atoms with Crippen molar-refractivity contribution in [3.63, 3.8) is 0 Å². The topological polar surface area (TPSA) is 111 Å². The van der Waals surface area contributed by atoms with E-state index in [1.165, 1.54) is 12.3 Å². The van der Waals surface area contributed by atoms with Crippen LogP contribution < -0.4 is 10.7 Å². The first-order chi connectivity index (χ1) is 12.1. The molecule has 0 aliphatic carbocycles. The van der Waals surface area contributed by atoms with Gasteiger partial charge in [0, 0.05) is 6.07 Å². The molecule has 124 valence electrons. The quantitative estimate of drug-likeness (QED) is 0.345. The Hall–Kier alpha value is -3.68. The van der Waals surface area contributed by atoms with Gasteiger partial charge in [-0.25, -0.2) is 0 Å². The Bertz CT molecular complexity index is 1150. The van der Waals surface area contributed by atoms with Crippen LogP contribution in [-0.4, -0.2) is 9.91 Å². The summed E-state index contributed by atoms with van der Waals surface area (Å²) in [6.07, 6.45) is 1.50. The van der Waals surface area contributed by atoms with Crippen molar-refractivity contribution in [1.29, 1.82) is 0 Å². The zero-order valence-electron chi connectivity index (χ0n) is 12.8. The number of nitrogens with zero attached hydrogens (tertiary/aromatic N) is 2. The van der Waals surface area contributed by atoms with E-state index in [0.29, 0.717) is 16.7 Å². The van der Waals surface area contributed by atoms with Crippen LogP contribution >= 0.6 is 0 Å². The van der Waals surface area contributed by atoms with Crippen molar-refractivity contribution in [2.75, 3.05) is 5.32 Å². The van der Waals surface area contributed by atoms with Crippen molar-refractivity contribution in [2.45, 2.75) is 6.54 Å². The summed E-state index contributed by atoms with van der Waals surface area (Å²) in [4.78, 5) is 27.5. The van der Waals surface area contributed by atoms with Gasteiger partial charge in [-0.15, -0.1) is 0 Å². The summed E-state index contributed by atoms with van der Waals surface area (Å²) in [5.74, 6) is 0.600. The second-order valence-corrected chi connectivity index (χ2v) is 5.33. The Morgan fingerprint density at radius 1 is 1.16 bits per heavy atom. The van der Waals surface area contributed by atoms with Crippen LogP contribution in [0.25, 0.3) is 22.1 Å². The van der Waals surface area contributed by atoms with Crippen molar-refractivity contribution < 1.29 is 13.8 Å². The molecule has 1 aromatic carbocycles. The molecule has 0 saturated carbocycles. The Kier molecular flexibility index (Phi) is 3.42. The van der Waals surface area contributed by atoms with E-state index in [1.807, 2.05) is 0 Å². The molecule has 8 nitrogen and oxygen atoms in total. The van der Waals surface area contributed by atoms with Crippen LogP contribution in [0.15, 0.2) is 62.4 Å². The molecular weight excluding hydrogens is 326 g/mol. The molecule has 3 heterocycles. The minimum absolute atomic E-state index is 0.00679. The highest BCUT2D eigenvalue weighted by molar-refractivity contribution is 5.90. The summed E-state index contributed by atoms with van der Waals surface area (Å²) in [6, 6.07) is 11.3. The fraction of sp³-hybridized carbons (Fsp3) is 0.0588. The molecule has 4 rings (SSSR count). The summed E-state index contributed by atoms with van der Waals surface area (Å²) in [5, 5.41) is 14.6. The molecule has 1 N–H and O–H groups in total. The number of para-hydroxylation sites is 1. The van der Waals surface area contributed by atoms with E-state index in [4.69, 9.17) is 8.83 Å². The molecule has 8 heteroatoms. The molecule has 0 amide bonds. The summed E-state index contributed by atoms with van der Waals surface area (Å²) in [6.45, 7) is 0.212. The van der Waals surface area contributed by atoms with Crippen LogP contribution in [0.1, 0.15) is 5.76 Å². The summed E-state index contributed by atoms with van der Waals surface area (Å²) < 4.78 is 10.8. The molecule has 0 spiro atoms. The molecule has 0 aliphatic heterocycles. The van der Waals surface area contributed by atoms with Gasteiger partial charge in [0.15, 0.2) is 0 Å². The van der Waals surface area contributed by atoms with Gasteiger partial charge in [-0.05, 0) is 24.3 Å². The van der Waals surface area contributed by atoms with Gasteiger partial charge in [0.2, 0.25) is 17.0 Å². The second kappa shape index (κ2) is 5.75. The average Bonchev–Trinajstić information content (AvgIpc) is 3.13. The number of nitro groups is 1. The SMILES string of the molecule is O=c1c2ccccc2oc2nc(NCc3ccco3)c([N+](=O)[O-])cc12. The molecule has 0 unspecified atom stereocenters. The smallest absolute Gasteiger partial charge is 0.312 e. The highest BCUT2D eigenvalue weighted by Gasteiger charge is 2.20. The molecule has 4 aromatic rings. The first-order valence-electron chi connectivity index (χ1n) is 7.41. The van der Waals surface area contributed by atoms with Crippen molar-refractivity contribution in [1.82, 2.24) is 4.98 Å². The summed E-state index contributed by atoms with van der Waals surface area (Å²) in [5.41, 5.74) is -0.249. The lowest BCUT2D eigenvalue weighted by Crippen LogP contribution is -2.08. The van der Waals surface area contributed by atoms with E-state index in [9.17, 15) is 14.9 Å². The number of aromatic nitrogens is 1. The lowest BCUT2D eigenvalue weighted by atomic mass is 10.2. The van der Waals surface area contributed by atoms with Gasteiger partial charge in [0.05, 0.1) is 28.5 Å². The highest BCUT2D eigenvalue weighted by Crippen LogP contribution is 2.27. The van der Waals surface area contributed by atoms with Crippen LogP contribution in [-0.2, 0) is 6.54 Å². The molecule has 0 saturated heterocycles. The number of hydrogen-bond donors (Lipinski definition) is 1. The van der Waals surface area contributed by atoms with E-state index in [1.54, 1.807) is 36.4 Å². The number of rotatable bonds is 4. The minimum atomic E-state index is -0.592. The predicted octanol–water partition coefficient (Wildman–Crippen LogP) is 3.45. The predicted molar refractivity (Wildman–Crippen MR) is 90.5 cm³/mol. The highest BCUT2D eigenvalue weighted by atomic mass is 16.6. The normalized spacial score (nSPS) is 11.0. The number of hydrogen-bond acceptors (Lipinski definition) is 7. The maximum absolute atomic E-state index is 12.6. The van der Waals surface area contributed by atoms with Crippen LogP contribution in [0.5, 0.6) is 0 Å². The van der Waals surface area contributed by atoms with Gasteiger partial charge in [-0.3, -0.25) is 14.9 Å². The number of pyridine rings is 1. The largest absolute Gasteiger partial charge is 0.467 e. The Morgan fingerprint density at radius 2 is 2.00 bits per heavy atom. The third-order valence-electron chi connectivity index (χ3n) is 3.76. The number of anilines is 1. The number of nitrogens with one attached hydrogen (secondary N) is 1. The van der Waals surface area contributed by atoms with Gasteiger partial charge < -0.3 is 14.2 Å². The Balaban J connectivity index is 1.89. The van der Waals surface area contributed by atoms with Crippen molar-refractivity contribution in [3.05, 3.63) is 74.8 Å². The van der Waals surface area contributed by atoms with Gasteiger partial charge in [-0.2, -0.15) is 4.98 Å². The Labute approximate surface area is 139 Å². The van der Waals surface area contributed by atoms with E-state index < -0.39 is 4.92 Å². The van der Waals surface area contributed by atoms with Crippen LogP contribution in [0, 0.1) is 10.1 Å². The first-order valence-corrected chi connectivity index (χ1v) is 7.41. The zero-order chi connectivity index (χ0) is 17.4. The fourth-order valence-corrected chi connectivity index (χ4v) is 2.57. The maximum Gasteiger partial charge on any atom is 0.312 e. The van der Waals surface area contributed by atoms with E-state index in [0.717, 1.165) is 0 Å². The van der Waals surface area contributed by atoms with E-state index in [-0.39, 0.29) is 34.6 Å². The molecule has 0 radical (unpaired) electrons. The van der Waals surface area contributed by atoms with E-state index in [2.05, 4.69) is 10.3 Å². The third kappa shape index (κ3) is 2.59. The molecule has 25 heavy (non-hydrogen) atoms. The fourth-order valence-electron chi connectivity index (χ4n) is 2.57. The van der Waals surface area contributed by atoms with Crippen molar-refractivity contribution >= 4 is 33.6 Å². The molecular formula is C17H11N3O5. The first kappa shape index (κ1) is 14.9. The lowest BCUT2D eigenvalue weighted by Gasteiger charge is -2.06. The van der Waals surface area contributed by atoms with E-state index >= 15 is 0 Å². The number of benzene rings is 1.